The molecule has 0 aliphatic heterocycles. The van der Waals surface area contributed by atoms with Crippen molar-refractivity contribution in [1.29, 1.82) is 0 Å². The molecule has 21 heavy (non-hydrogen) atoms. The van der Waals surface area contributed by atoms with Gasteiger partial charge < -0.3 is 24.5 Å². The van der Waals surface area contributed by atoms with Crippen LogP contribution in [0.25, 0.3) is 0 Å². The third-order valence-corrected chi connectivity index (χ3v) is 3.25. The second-order valence-corrected chi connectivity index (χ2v) is 4.58. The predicted octanol–water partition coefficient (Wildman–Crippen LogP) is 2.50. The maximum Gasteiger partial charge on any atom is 0.163 e. The first kappa shape index (κ1) is 15.3. The standard InChI is InChI=1S/C16H22N2O3/c1-3-18-8-4-5-14(18)12-17-13-6-7-15(20-2)16(11-13)21-10-9-19/h4-8,11,17,19H,3,9-10,12H2,1-2H3. The molecule has 0 fully saturated rings. The molecule has 0 aliphatic carbocycles. The summed E-state index contributed by atoms with van der Waals surface area (Å²) in [6.45, 7) is 4.05. The number of aliphatic hydroxyl groups excluding tert-OH is 1. The summed E-state index contributed by atoms with van der Waals surface area (Å²) < 4.78 is 12.9. The van der Waals surface area contributed by atoms with E-state index < -0.39 is 0 Å². The van der Waals surface area contributed by atoms with Crippen molar-refractivity contribution in [3.8, 4) is 11.5 Å². The zero-order valence-electron chi connectivity index (χ0n) is 12.5. The van der Waals surface area contributed by atoms with Gasteiger partial charge >= 0.3 is 0 Å². The van der Waals surface area contributed by atoms with E-state index in [1.807, 2.05) is 24.3 Å². The summed E-state index contributed by atoms with van der Waals surface area (Å²) in [6.07, 6.45) is 2.07. The molecule has 0 spiro atoms. The van der Waals surface area contributed by atoms with Crippen molar-refractivity contribution < 1.29 is 14.6 Å². The number of aryl methyl sites for hydroxylation is 1. The van der Waals surface area contributed by atoms with E-state index in [9.17, 15) is 0 Å². The number of anilines is 1. The summed E-state index contributed by atoms with van der Waals surface area (Å²) in [5.74, 6) is 1.29. The van der Waals surface area contributed by atoms with Gasteiger partial charge in [0.2, 0.25) is 0 Å². The van der Waals surface area contributed by atoms with Gasteiger partial charge in [0.15, 0.2) is 11.5 Å². The summed E-state index contributed by atoms with van der Waals surface area (Å²) in [4.78, 5) is 0. The number of aliphatic hydroxyl groups is 1. The molecule has 2 rings (SSSR count). The molecule has 0 unspecified atom stereocenters. The molecule has 0 saturated carbocycles. The van der Waals surface area contributed by atoms with Gasteiger partial charge in [0.05, 0.1) is 20.3 Å². The van der Waals surface area contributed by atoms with E-state index in [1.165, 1.54) is 5.69 Å². The molecular weight excluding hydrogens is 268 g/mol. The molecule has 0 bridgehead atoms. The number of aromatic nitrogens is 1. The van der Waals surface area contributed by atoms with E-state index in [0.29, 0.717) is 11.5 Å². The zero-order valence-corrected chi connectivity index (χ0v) is 12.5. The van der Waals surface area contributed by atoms with Crippen LogP contribution in [0.15, 0.2) is 36.5 Å². The average Bonchev–Trinajstić information content (AvgIpc) is 2.98. The Morgan fingerprint density at radius 1 is 1.24 bits per heavy atom. The molecule has 0 saturated heterocycles. The monoisotopic (exact) mass is 290 g/mol. The zero-order chi connectivity index (χ0) is 15.1. The number of benzene rings is 1. The smallest absolute Gasteiger partial charge is 0.163 e. The Morgan fingerprint density at radius 3 is 2.81 bits per heavy atom. The van der Waals surface area contributed by atoms with Gasteiger partial charge in [0, 0.05) is 30.2 Å². The molecule has 5 nitrogen and oxygen atoms in total. The van der Waals surface area contributed by atoms with Gasteiger partial charge in [0.1, 0.15) is 6.61 Å². The molecule has 0 aliphatic rings. The van der Waals surface area contributed by atoms with Gasteiger partial charge in [-0.1, -0.05) is 0 Å². The van der Waals surface area contributed by atoms with Crippen molar-refractivity contribution >= 4 is 5.69 Å². The highest BCUT2D eigenvalue weighted by atomic mass is 16.5. The van der Waals surface area contributed by atoms with Crippen molar-refractivity contribution in [1.82, 2.24) is 4.57 Å². The fourth-order valence-corrected chi connectivity index (χ4v) is 2.17. The molecule has 1 heterocycles. The summed E-state index contributed by atoms with van der Waals surface area (Å²) in [7, 11) is 1.60. The fourth-order valence-electron chi connectivity index (χ4n) is 2.17. The van der Waals surface area contributed by atoms with Gasteiger partial charge in [0.25, 0.3) is 0 Å². The van der Waals surface area contributed by atoms with Crippen LogP contribution in [-0.4, -0.2) is 30.0 Å². The quantitative estimate of drug-likeness (QED) is 0.784. The SMILES string of the molecule is CCn1cccc1CNc1ccc(OC)c(OCCO)c1. The highest BCUT2D eigenvalue weighted by Gasteiger charge is 2.06. The van der Waals surface area contributed by atoms with E-state index >= 15 is 0 Å². The number of nitrogens with zero attached hydrogens (tertiary/aromatic N) is 1. The number of rotatable bonds is 8. The Balaban J connectivity index is 2.06. The molecule has 0 radical (unpaired) electrons. The summed E-state index contributed by atoms with van der Waals surface area (Å²) in [5, 5.41) is 12.2. The van der Waals surface area contributed by atoms with Crippen LogP contribution in [0.1, 0.15) is 12.6 Å². The van der Waals surface area contributed by atoms with Crippen molar-refractivity contribution in [2.45, 2.75) is 20.0 Å². The third kappa shape index (κ3) is 3.92. The molecule has 114 valence electrons. The first-order valence-electron chi connectivity index (χ1n) is 7.08. The fraction of sp³-hybridized carbons (Fsp3) is 0.375. The Labute approximate surface area is 125 Å². The first-order chi connectivity index (χ1) is 10.3. The Hall–Kier alpha value is -2.14. The highest BCUT2D eigenvalue weighted by molar-refractivity contribution is 5.54. The van der Waals surface area contributed by atoms with Crippen molar-refractivity contribution in [3.63, 3.8) is 0 Å². The molecule has 2 N–H and O–H groups in total. The summed E-state index contributed by atoms with van der Waals surface area (Å²) >= 11 is 0. The lowest BCUT2D eigenvalue weighted by Crippen LogP contribution is -2.07. The molecule has 0 amide bonds. The van der Waals surface area contributed by atoms with E-state index in [0.717, 1.165) is 18.8 Å². The second kappa shape index (κ2) is 7.59. The van der Waals surface area contributed by atoms with E-state index in [-0.39, 0.29) is 13.2 Å². The van der Waals surface area contributed by atoms with Crippen LogP contribution in [0, 0.1) is 0 Å². The van der Waals surface area contributed by atoms with E-state index in [1.54, 1.807) is 7.11 Å². The maximum atomic E-state index is 8.86. The van der Waals surface area contributed by atoms with Crippen LogP contribution >= 0.6 is 0 Å². The third-order valence-electron chi connectivity index (χ3n) is 3.25. The van der Waals surface area contributed by atoms with E-state index in [4.69, 9.17) is 14.6 Å². The van der Waals surface area contributed by atoms with Crippen LogP contribution in [0.5, 0.6) is 11.5 Å². The van der Waals surface area contributed by atoms with Crippen molar-refractivity contribution in [3.05, 3.63) is 42.2 Å². The predicted molar refractivity (Wildman–Crippen MR) is 83.0 cm³/mol. The number of hydrogen-bond acceptors (Lipinski definition) is 4. The van der Waals surface area contributed by atoms with Gasteiger partial charge in [-0.2, -0.15) is 0 Å². The minimum absolute atomic E-state index is 0.0230. The minimum atomic E-state index is -0.0230. The van der Waals surface area contributed by atoms with Crippen LogP contribution in [0.3, 0.4) is 0 Å². The lowest BCUT2D eigenvalue weighted by atomic mass is 10.2. The number of methoxy groups -OCH3 is 1. The van der Waals surface area contributed by atoms with Crippen LogP contribution < -0.4 is 14.8 Å². The topological polar surface area (TPSA) is 55.7 Å². The average molecular weight is 290 g/mol. The van der Waals surface area contributed by atoms with Gasteiger partial charge in [-0.05, 0) is 31.2 Å². The van der Waals surface area contributed by atoms with Crippen molar-refractivity contribution in [2.75, 3.05) is 25.6 Å². The van der Waals surface area contributed by atoms with Gasteiger partial charge in [-0.25, -0.2) is 0 Å². The highest BCUT2D eigenvalue weighted by Crippen LogP contribution is 2.30. The minimum Gasteiger partial charge on any atom is -0.493 e. The lowest BCUT2D eigenvalue weighted by molar-refractivity contribution is 0.196. The Morgan fingerprint density at radius 2 is 2.10 bits per heavy atom. The Kier molecular flexibility index (Phi) is 5.51. The number of hydrogen-bond donors (Lipinski definition) is 2. The lowest BCUT2D eigenvalue weighted by Gasteiger charge is -2.13. The van der Waals surface area contributed by atoms with E-state index in [2.05, 4.69) is 29.1 Å². The number of ether oxygens (including phenoxy) is 2. The Bertz CT molecular complexity index is 566. The first-order valence-corrected chi connectivity index (χ1v) is 7.08. The largest absolute Gasteiger partial charge is 0.493 e. The van der Waals surface area contributed by atoms with Crippen molar-refractivity contribution in [2.24, 2.45) is 0 Å². The molecule has 5 heteroatoms. The number of nitrogens with one attached hydrogen (secondary N) is 1. The summed E-state index contributed by atoms with van der Waals surface area (Å²) in [5.41, 5.74) is 2.18. The second-order valence-electron chi connectivity index (χ2n) is 4.58. The van der Waals surface area contributed by atoms with Gasteiger partial charge in [-0.3, -0.25) is 0 Å². The van der Waals surface area contributed by atoms with Crippen LogP contribution in [0.4, 0.5) is 5.69 Å². The summed E-state index contributed by atoms with van der Waals surface area (Å²) in [6, 6.07) is 9.83. The maximum absolute atomic E-state index is 8.86. The molecule has 0 atom stereocenters. The normalized spacial score (nSPS) is 10.4. The van der Waals surface area contributed by atoms with Crippen LogP contribution in [0.2, 0.25) is 0 Å². The van der Waals surface area contributed by atoms with Gasteiger partial charge in [-0.15, -0.1) is 0 Å². The molecule has 1 aromatic carbocycles. The van der Waals surface area contributed by atoms with Crippen LogP contribution in [-0.2, 0) is 13.1 Å². The molecular formula is C16H22N2O3. The molecule has 2 aromatic rings. The molecule has 1 aromatic heterocycles.